The first kappa shape index (κ1) is 16.6. The molecule has 0 saturated carbocycles. The number of aromatic amines is 1. The number of aromatic nitrogens is 2. The Bertz CT molecular complexity index is 1130. The number of imidazole rings is 1. The normalized spacial score (nSPS) is 15.6. The van der Waals surface area contributed by atoms with Crippen LogP contribution < -0.4 is 10.1 Å². The fourth-order valence-electron chi connectivity index (χ4n) is 3.57. The van der Waals surface area contributed by atoms with Gasteiger partial charge < -0.3 is 15.0 Å². The number of nitrogens with one attached hydrogen (secondary N) is 2. The van der Waals surface area contributed by atoms with Gasteiger partial charge in [0.2, 0.25) is 5.91 Å². The van der Waals surface area contributed by atoms with Gasteiger partial charge in [-0.1, -0.05) is 42.5 Å². The highest BCUT2D eigenvalue weighted by Crippen LogP contribution is 2.28. The number of H-pyrrole nitrogens is 1. The number of rotatable bonds is 3. The van der Waals surface area contributed by atoms with Crippen LogP contribution in [0.25, 0.3) is 22.4 Å². The molecule has 1 unspecified atom stereocenters. The summed E-state index contributed by atoms with van der Waals surface area (Å²) in [6.45, 7) is 0.395. The van der Waals surface area contributed by atoms with E-state index in [4.69, 9.17) is 4.74 Å². The lowest BCUT2D eigenvalue weighted by Crippen LogP contribution is -2.32. The minimum absolute atomic E-state index is 0.0312. The Balaban J connectivity index is 1.35. The third kappa shape index (κ3) is 3.11. The van der Waals surface area contributed by atoms with Crippen LogP contribution in [-0.2, 0) is 11.2 Å². The summed E-state index contributed by atoms with van der Waals surface area (Å²) in [4.78, 5) is 20.7. The molecule has 0 bridgehead atoms. The van der Waals surface area contributed by atoms with Crippen LogP contribution in [0.4, 0.5) is 5.69 Å². The number of amides is 1. The molecule has 2 N–H and O–H groups in total. The molecule has 1 aromatic heterocycles. The van der Waals surface area contributed by atoms with E-state index in [1.807, 2.05) is 72.8 Å². The summed E-state index contributed by atoms with van der Waals surface area (Å²) in [5, 5.41) is 3.03. The molecule has 0 spiro atoms. The van der Waals surface area contributed by atoms with Gasteiger partial charge in [-0.2, -0.15) is 0 Å². The largest absolute Gasteiger partial charge is 0.492 e. The van der Waals surface area contributed by atoms with Crippen molar-refractivity contribution in [2.75, 3.05) is 11.9 Å². The summed E-state index contributed by atoms with van der Waals surface area (Å²) >= 11 is 0. The van der Waals surface area contributed by atoms with Crippen molar-refractivity contribution in [1.29, 1.82) is 0 Å². The molecule has 138 valence electrons. The summed E-state index contributed by atoms with van der Waals surface area (Å²) in [5.74, 6) is 1.42. The number of benzene rings is 3. The van der Waals surface area contributed by atoms with Gasteiger partial charge in [-0.3, -0.25) is 4.79 Å². The molecule has 2 heterocycles. The maximum atomic E-state index is 12.8. The van der Waals surface area contributed by atoms with Crippen LogP contribution in [0.3, 0.4) is 0 Å². The Labute approximate surface area is 162 Å². The zero-order chi connectivity index (χ0) is 18.9. The van der Waals surface area contributed by atoms with Crippen molar-refractivity contribution in [2.24, 2.45) is 5.92 Å². The summed E-state index contributed by atoms with van der Waals surface area (Å²) < 4.78 is 5.75. The summed E-state index contributed by atoms with van der Waals surface area (Å²) in [7, 11) is 0. The quantitative estimate of drug-likeness (QED) is 0.562. The fraction of sp³-hybridized carbons (Fsp3) is 0.130. The highest BCUT2D eigenvalue weighted by Gasteiger charge is 2.25. The SMILES string of the molecule is O=C(Nc1cccc(-c2nc3ccccc3[nH]2)c1)C1COc2ccccc2C1. The van der Waals surface area contributed by atoms with Gasteiger partial charge in [0.1, 0.15) is 18.2 Å². The first-order chi connectivity index (χ1) is 13.8. The first-order valence-electron chi connectivity index (χ1n) is 9.33. The molecule has 0 radical (unpaired) electrons. The van der Waals surface area contributed by atoms with Crippen molar-refractivity contribution in [3.8, 4) is 17.1 Å². The smallest absolute Gasteiger partial charge is 0.231 e. The van der Waals surface area contributed by atoms with E-state index >= 15 is 0 Å². The Morgan fingerprint density at radius 3 is 2.82 bits per heavy atom. The number of anilines is 1. The fourth-order valence-corrected chi connectivity index (χ4v) is 3.57. The second-order valence-electron chi connectivity index (χ2n) is 6.99. The molecule has 1 atom stereocenters. The lowest BCUT2D eigenvalue weighted by molar-refractivity contribution is -0.121. The lowest BCUT2D eigenvalue weighted by atomic mass is 9.96. The van der Waals surface area contributed by atoms with Crippen molar-refractivity contribution in [3.05, 3.63) is 78.4 Å². The minimum Gasteiger partial charge on any atom is -0.492 e. The van der Waals surface area contributed by atoms with Crippen LogP contribution in [0, 0.1) is 5.92 Å². The van der Waals surface area contributed by atoms with E-state index in [1.165, 1.54) is 0 Å². The number of para-hydroxylation sites is 3. The van der Waals surface area contributed by atoms with Gasteiger partial charge in [-0.15, -0.1) is 0 Å². The summed E-state index contributed by atoms with van der Waals surface area (Å²) in [6, 6.07) is 23.5. The Morgan fingerprint density at radius 1 is 1.04 bits per heavy atom. The predicted molar refractivity (Wildman–Crippen MR) is 109 cm³/mol. The number of nitrogens with zero attached hydrogens (tertiary/aromatic N) is 1. The average Bonchev–Trinajstić information content (AvgIpc) is 3.18. The molecule has 5 heteroatoms. The van der Waals surface area contributed by atoms with Gasteiger partial charge in [0.15, 0.2) is 0 Å². The molecule has 0 saturated heterocycles. The topological polar surface area (TPSA) is 67.0 Å². The average molecular weight is 369 g/mol. The number of hydrogen-bond donors (Lipinski definition) is 2. The minimum atomic E-state index is -0.204. The molecule has 0 aliphatic carbocycles. The van der Waals surface area contributed by atoms with Crippen LogP contribution in [0.5, 0.6) is 5.75 Å². The Morgan fingerprint density at radius 2 is 1.89 bits per heavy atom. The second-order valence-corrected chi connectivity index (χ2v) is 6.99. The standard InChI is InChI=1S/C23H19N3O2/c27-23(17-12-15-6-1-4-11-21(15)28-14-17)24-18-8-5-7-16(13-18)22-25-19-9-2-3-10-20(19)26-22/h1-11,13,17H,12,14H2,(H,24,27)(H,25,26). The van der Waals surface area contributed by atoms with E-state index in [-0.39, 0.29) is 11.8 Å². The summed E-state index contributed by atoms with van der Waals surface area (Å²) in [5.41, 5.74) is 4.67. The van der Waals surface area contributed by atoms with E-state index in [9.17, 15) is 4.79 Å². The van der Waals surface area contributed by atoms with Crippen LogP contribution in [0.15, 0.2) is 72.8 Å². The third-order valence-corrected chi connectivity index (χ3v) is 5.04. The second kappa shape index (κ2) is 6.85. The molecule has 4 aromatic rings. The van der Waals surface area contributed by atoms with E-state index in [0.717, 1.165) is 39.4 Å². The molecule has 5 nitrogen and oxygen atoms in total. The van der Waals surface area contributed by atoms with Gasteiger partial charge in [-0.05, 0) is 42.3 Å². The van der Waals surface area contributed by atoms with Gasteiger partial charge in [0.25, 0.3) is 0 Å². The third-order valence-electron chi connectivity index (χ3n) is 5.04. The molecule has 3 aromatic carbocycles. The molecular weight excluding hydrogens is 350 g/mol. The number of fused-ring (bicyclic) bond motifs is 2. The maximum absolute atomic E-state index is 12.8. The van der Waals surface area contributed by atoms with Crippen molar-refractivity contribution in [1.82, 2.24) is 9.97 Å². The maximum Gasteiger partial charge on any atom is 0.231 e. The molecule has 28 heavy (non-hydrogen) atoms. The zero-order valence-corrected chi connectivity index (χ0v) is 15.2. The van der Waals surface area contributed by atoms with Crippen LogP contribution in [-0.4, -0.2) is 22.5 Å². The molecule has 1 aliphatic heterocycles. The van der Waals surface area contributed by atoms with Gasteiger partial charge in [-0.25, -0.2) is 4.98 Å². The zero-order valence-electron chi connectivity index (χ0n) is 15.2. The van der Waals surface area contributed by atoms with Crippen LogP contribution >= 0.6 is 0 Å². The number of carbonyl (C=O) groups excluding carboxylic acids is 1. The van der Waals surface area contributed by atoms with Crippen LogP contribution in [0.2, 0.25) is 0 Å². The molecule has 0 fully saturated rings. The van der Waals surface area contributed by atoms with E-state index in [0.29, 0.717) is 13.0 Å². The Hall–Kier alpha value is -3.60. The number of ether oxygens (including phenoxy) is 1. The predicted octanol–water partition coefficient (Wildman–Crippen LogP) is 4.42. The first-order valence-corrected chi connectivity index (χ1v) is 9.33. The summed E-state index contributed by atoms with van der Waals surface area (Å²) in [6.07, 6.45) is 0.686. The van der Waals surface area contributed by atoms with Gasteiger partial charge in [0.05, 0.1) is 17.0 Å². The Kier molecular flexibility index (Phi) is 4.05. The van der Waals surface area contributed by atoms with Gasteiger partial charge in [0, 0.05) is 11.3 Å². The van der Waals surface area contributed by atoms with E-state index in [2.05, 4.69) is 15.3 Å². The van der Waals surface area contributed by atoms with Crippen molar-refractivity contribution >= 4 is 22.6 Å². The van der Waals surface area contributed by atoms with Crippen molar-refractivity contribution in [3.63, 3.8) is 0 Å². The lowest BCUT2D eigenvalue weighted by Gasteiger charge is -2.24. The van der Waals surface area contributed by atoms with Crippen LogP contribution in [0.1, 0.15) is 5.56 Å². The highest BCUT2D eigenvalue weighted by atomic mass is 16.5. The van der Waals surface area contributed by atoms with Gasteiger partial charge >= 0.3 is 0 Å². The van der Waals surface area contributed by atoms with Crippen molar-refractivity contribution in [2.45, 2.75) is 6.42 Å². The molecular formula is C23H19N3O2. The molecule has 1 aliphatic rings. The highest BCUT2D eigenvalue weighted by molar-refractivity contribution is 5.93. The number of carbonyl (C=O) groups is 1. The molecule has 5 rings (SSSR count). The van der Waals surface area contributed by atoms with E-state index in [1.54, 1.807) is 0 Å². The van der Waals surface area contributed by atoms with Crippen molar-refractivity contribution < 1.29 is 9.53 Å². The monoisotopic (exact) mass is 369 g/mol. The number of hydrogen-bond acceptors (Lipinski definition) is 3. The van der Waals surface area contributed by atoms with E-state index < -0.39 is 0 Å². The molecule has 1 amide bonds.